The zero-order chi connectivity index (χ0) is 21.8. The number of thioether (sulfide) groups is 1. The summed E-state index contributed by atoms with van der Waals surface area (Å²) in [6.45, 7) is 3.93. The molecular formula is C24H31N5OS. The number of rotatable bonds is 7. The molecule has 1 aliphatic carbocycles. The number of nitrogens with one attached hydrogen (secondary N) is 1. The number of amides is 1. The molecule has 1 fully saturated rings. The molecule has 1 aliphatic rings. The second-order valence-corrected chi connectivity index (χ2v) is 9.29. The van der Waals surface area contributed by atoms with E-state index in [9.17, 15) is 4.79 Å². The fraction of sp³-hybridized carbons (Fsp3) is 0.500. The van der Waals surface area contributed by atoms with Crippen molar-refractivity contribution in [1.82, 2.24) is 24.9 Å². The number of hydrogen-bond acceptors (Lipinski definition) is 5. The van der Waals surface area contributed by atoms with E-state index in [1.807, 2.05) is 26.2 Å². The summed E-state index contributed by atoms with van der Waals surface area (Å²) < 4.78 is 1.75. The molecule has 0 spiro atoms. The third kappa shape index (κ3) is 5.09. The Labute approximate surface area is 188 Å². The molecule has 0 radical (unpaired) electrons. The van der Waals surface area contributed by atoms with E-state index >= 15 is 0 Å². The summed E-state index contributed by atoms with van der Waals surface area (Å²) in [5.41, 5.74) is 3.87. The van der Waals surface area contributed by atoms with Crippen LogP contribution in [0.2, 0.25) is 0 Å². The van der Waals surface area contributed by atoms with E-state index in [0.29, 0.717) is 23.3 Å². The Morgan fingerprint density at radius 2 is 1.90 bits per heavy atom. The lowest BCUT2D eigenvalue weighted by Gasteiger charge is -2.27. The highest BCUT2D eigenvalue weighted by molar-refractivity contribution is 7.98. The molecule has 2 heterocycles. The summed E-state index contributed by atoms with van der Waals surface area (Å²) in [6.07, 6.45) is 9.73. The third-order valence-electron chi connectivity index (χ3n) is 6.38. The van der Waals surface area contributed by atoms with Crippen molar-refractivity contribution in [3.63, 3.8) is 0 Å². The lowest BCUT2D eigenvalue weighted by Crippen LogP contribution is -2.32. The fourth-order valence-electron chi connectivity index (χ4n) is 4.66. The maximum Gasteiger partial charge on any atom is 0.253 e. The Hall–Kier alpha value is -2.41. The van der Waals surface area contributed by atoms with Crippen molar-refractivity contribution in [2.24, 2.45) is 5.92 Å². The number of fused-ring (bicyclic) bond motifs is 1. The summed E-state index contributed by atoms with van der Waals surface area (Å²) in [5.74, 6) is 1.30. The molecule has 1 atom stereocenters. The van der Waals surface area contributed by atoms with E-state index in [0.717, 1.165) is 23.4 Å². The third-order valence-corrected chi connectivity index (χ3v) is 6.92. The van der Waals surface area contributed by atoms with Crippen LogP contribution in [0.1, 0.15) is 67.1 Å². The van der Waals surface area contributed by atoms with Crippen molar-refractivity contribution in [2.75, 3.05) is 6.26 Å². The van der Waals surface area contributed by atoms with Gasteiger partial charge >= 0.3 is 0 Å². The topological polar surface area (TPSA) is 72.2 Å². The molecule has 0 bridgehead atoms. The van der Waals surface area contributed by atoms with Gasteiger partial charge in [0, 0.05) is 17.0 Å². The van der Waals surface area contributed by atoms with Gasteiger partial charge in [0.2, 0.25) is 11.1 Å². The minimum absolute atomic E-state index is 0.0298. The summed E-state index contributed by atoms with van der Waals surface area (Å²) in [6, 6.07) is 10.4. The normalized spacial score (nSPS) is 15.8. The van der Waals surface area contributed by atoms with E-state index < -0.39 is 0 Å². The van der Waals surface area contributed by atoms with E-state index in [-0.39, 0.29) is 11.9 Å². The molecule has 3 aromatic rings. The number of carbonyl (C=O) groups is 1. The molecule has 1 N–H and O–H groups in total. The van der Waals surface area contributed by atoms with Gasteiger partial charge in [0.1, 0.15) is 0 Å². The van der Waals surface area contributed by atoms with Crippen LogP contribution in [0.15, 0.2) is 35.5 Å². The van der Waals surface area contributed by atoms with Crippen LogP contribution in [-0.2, 0) is 11.2 Å². The molecule has 2 aromatic heterocycles. The minimum Gasteiger partial charge on any atom is -0.349 e. The van der Waals surface area contributed by atoms with Crippen LogP contribution in [0.5, 0.6) is 0 Å². The van der Waals surface area contributed by atoms with Crippen molar-refractivity contribution in [3.8, 4) is 0 Å². The quantitative estimate of drug-likeness (QED) is 0.536. The molecule has 31 heavy (non-hydrogen) atoms. The summed E-state index contributed by atoms with van der Waals surface area (Å²) in [4.78, 5) is 22.2. The van der Waals surface area contributed by atoms with E-state index in [1.54, 1.807) is 4.52 Å². The van der Waals surface area contributed by atoms with E-state index in [1.165, 1.54) is 49.4 Å². The van der Waals surface area contributed by atoms with Gasteiger partial charge in [-0.1, -0.05) is 74.2 Å². The van der Waals surface area contributed by atoms with Gasteiger partial charge in [-0.15, -0.1) is 5.10 Å². The van der Waals surface area contributed by atoms with Gasteiger partial charge in [-0.3, -0.25) is 4.79 Å². The fourth-order valence-corrected chi connectivity index (χ4v) is 4.99. The van der Waals surface area contributed by atoms with Gasteiger partial charge in [-0.2, -0.15) is 4.98 Å². The molecule has 4 rings (SSSR count). The summed E-state index contributed by atoms with van der Waals surface area (Å²) in [7, 11) is 0. The van der Waals surface area contributed by atoms with Gasteiger partial charge < -0.3 is 5.32 Å². The molecule has 7 heteroatoms. The Morgan fingerprint density at radius 1 is 1.16 bits per heavy atom. The first-order chi connectivity index (χ1) is 15.0. The summed E-state index contributed by atoms with van der Waals surface area (Å²) in [5, 5.41) is 8.52. The molecule has 0 aliphatic heterocycles. The lowest BCUT2D eigenvalue weighted by molar-refractivity contribution is -0.121. The predicted octanol–water partition coefficient (Wildman–Crippen LogP) is 4.83. The van der Waals surface area contributed by atoms with Crippen LogP contribution in [0.4, 0.5) is 0 Å². The second kappa shape index (κ2) is 9.81. The van der Waals surface area contributed by atoms with Crippen molar-refractivity contribution < 1.29 is 4.79 Å². The van der Waals surface area contributed by atoms with Crippen LogP contribution in [0.25, 0.3) is 5.78 Å². The molecule has 0 saturated heterocycles. The first kappa shape index (κ1) is 21.8. The molecule has 1 amide bonds. The Kier molecular flexibility index (Phi) is 6.90. The number of aryl methyl sites for hydroxylation is 2. The lowest BCUT2D eigenvalue weighted by atomic mass is 9.83. The zero-order valence-corrected chi connectivity index (χ0v) is 19.4. The van der Waals surface area contributed by atoms with Gasteiger partial charge in [0.05, 0.1) is 12.5 Å². The largest absolute Gasteiger partial charge is 0.349 e. The summed E-state index contributed by atoms with van der Waals surface area (Å²) >= 11 is 1.49. The van der Waals surface area contributed by atoms with Gasteiger partial charge in [-0.05, 0) is 38.0 Å². The van der Waals surface area contributed by atoms with Crippen molar-refractivity contribution in [2.45, 2.75) is 70.0 Å². The molecule has 164 valence electrons. The van der Waals surface area contributed by atoms with E-state index in [4.69, 9.17) is 0 Å². The van der Waals surface area contributed by atoms with Crippen molar-refractivity contribution in [1.29, 1.82) is 0 Å². The van der Waals surface area contributed by atoms with Crippen LogP contribution in [0.3, 0.4) is 0 Å². The average Bonchev–Trinajstić information content (AvgIpc) is 3.21. The highest BCUT2D eigenvalue weighted by atomic mass is 32.2. The maximum atomic E-state index is 13.2. The highest BCUT2D eigenvalue weighted by Gasteiger charge is 2.23. The Balaban J connectivity index is 1.53. The monoisotopic (exact) mass is 437 g/mol. The standard InChI is InChI=1S/C24H31N5OS/c1-16-20(17(2)29-23(25-16)27-24(28-29)31-3)15-22(30)26-21(19-12-8-5-9-13-19)14-18-10-6-4-7-11-18/h5,8-9,12-13,18,21H,4,6-7,10-11,14-15H2,1-3H3,(H,26,30). The number of hydrogen-bond donors (Lipinski definition) is 1. The van der Waals surface area contributed by atoms with Crippen LogP contribution in [0, 0.1) is 19.8 Å². The zero-order valence-electron chi connectivity index (χ0n) is 18.6. The highest BCUT2D eigenvalue weighted by Crippen LogP contribution is 2.32. The van der Waals surface area contributed by atoms with Gasteiger partial charge in [0.25, 0.3) is 5.78 Å². The van der Waals surface area contributed by atoms with Crippen LogP contribution < -0.4 is 5.32 Å². The van der Waals surface area contributed by atoms with Gasteiger partial charge in [-0.25, -0.2) is 9.50 Å². The molecule has 1 aromatic carbocycles. The smallest absolute Gasteiger partial charge is 0.253 e. The predicted molar refractivity (Wildman–Crippen MR) is 124 cm³/mol. The van der Waals surface area contributed by atoms with Gasteiger partial charge in [0.15, 0.2) is 0 Å². The molecule has 6 nitrogen and oxygen atoms in total. The maximum absolute atomic E-state index is 13.2. The molecule has 1 unspecified atom stereocenters. The van der Waals surface area contributed by atoms with Crippen LogP contribution in [-0.4, -0.2) is 31.7 Å². The second-order valence-electron chi connectivity index (χ2n) is 8.52. The number of benzene rings is 1. The molecular weight excluding hydrogens is 406 g/mol. The van der Waals surface area contributed by atoms with Crippen molar-refractivity contribution in [3.05, 3.63) is 52.8 Å². The Bertz CT molecular complexity index is 1040. The number of nitrogens with zero attached hydrogens (tertiary/aromatic N) is 4. The SMILES string of the molecule is CSc1nc2nc(C)c(CC(=O)NC(CC3CCCCC3)c3ccccc3)c(C)n2n1. The number of aromatic nitrogens is 4. The Morgan fingerprint density at radius 3 is 2.61 bits per heavy atom. The average molecular weight is 438 g/mol. The first-order valence-corrected chi connectivity index (χ1v) is 12.4. The number of carbonyl (C=O) groups excluding carboxylic acids is 1. The first-order valence-electron chi connectivity index (χ1n) is 11.2. The van der Waals surface area contributed by atoms with Crippen molar-refractivity contribution >= 4 is 23.4 Å². The van der Waals surface area contributed by atoms with E-state index in [2.05, 4.69) is 44.6 Å². The minimum atomic E-state index is 0.0298. The molecule has 1 saturated carbocycles. The van der Waals surface area contributed by atoms with Crippen LogP contribution >= 0.6 is 11.8 Å².